The summed E-state index contributed by atoms with van der Waals surface area (Å²) in [6.45, 7) is 0. The van der Waals surface area contributed by atoms with Gasteiger partial charge in [-0.1, -0.05) is 36.4 Å². The normalized spacial score (nSPS) is 16.5. The molecule has 4 heteroatoms. The number of hydrazine groups is 1. The van der Waals surface area contributed by atoms with Gasteiger partial charge in [-0.05, 0) is 61.8 Å². The van der Waals surface area contributed by atoms with Gasteiger partial charge in [-0.25, -0.2) is 5.01 Å². The summed E-state index contributed by atoms with van der Waals surface area (Å²) in [6, 6.07) is 18.4. The molecule has 2 aromatic carbocycles. The Hall–Kier alpha value is -2.62. The zero-order chi connectivity index (χ0) is 17.2. The highest BCUT2D eigenvalue weighted by Gasteiger charge is 2.47. The van der Waals surface area contributed by atoms with Crippen LogP contribution >= 0.6 is 0 Å². The minimum atomic E-state index is -0.226. The molecule has 0 radical (unpaired) electrons. The molecule has 128 valence electrons. The van der Waals surface area contributed by atoms with E-state index in [1.807, 2.05) is 36.4 Å². The highest BCUT2D eigenvalue weighted by Crippen LogP contribution is 2.47. The number of rotatable bonds is 5. The van der Waals surface area contributed by atoms with Crippen molar-refractivity contribution in [3.63, 3.8) is 0 Å². The topological polar surface area (TPSA) is 49.4 Å². The van der Waals surface area contributed by atoms with Gasteiger partial charge >= 0.3 is 0 Å². The van der Waals surface area contributed by atoms with E-state index in [2.05, 4.69) is 5.43 Å². The molecule has 2 amide bonds. The van der Waals surface area contributed by atoms with Gasteiger partial charge in [-0.3, -0.25) is 15.0 Å². The number of carbonyl (C=O) groups excluding carboxylic acids is 2. The van der Waals surface area contributed by atoms with E-state index in [0.717, 1.165) is 25.7 Å². The summed E-state index contributed by atoms with van der Waals surface area (Å²) in [5.41, 5.74) is 4.10. The lowest BCUT2D eigenvalue weighted by Gasteiger charge is -2.32. The second-order valence-corrected chi connectivity index (χ2v) is 7.01. The number of benzene rings is 2. The third-order valence-electron chi connectivity index (χ3n) is 5.01. The zero-order valence-corrected chi connectivity index (χ0v) is 14.1. The van der Waals surface area contributed by atoms with Gasteiger partial charge in [0.15, 0.2) is 0 Å². The van der Waals surface area contributed by atoms with E-state index >= 15 is 0 Å². The van der Waals surface area contributed by atoms with Crippen LogP contribution in [0.25, 0.3) is 0 Å². The largest absolute Gasteiger partial charge is 0.272 e. The number of nitrogens with zero attached hydrogens (tertiary/aromatic N) is 1. The summed E-state index contributed by atoms with van der Waals surface area (Å²) >= 11 is 0. The van der Waals surface area contributed by atoms with Crippen molar-refractivity contribution in [2.45, 2.75) is 31.7 Å². The quantitative estimate of drug-likeness (QED) is 0.848. The van der Waals surface area contributed by atoms with Crippen LogP contribution in [0.2, 0.25) is 0 Å². The average molecular weight is 334 g/mol. The average Bonchev–Trinajstić information content (AvgIpc) is 3.56. The van der Waals surface area contributed by atoms with Gasteiger partial charge in [0.1, 0.15) is 0 Å². The Bertz CT molecular complexity index is 740. The van der Waals surface area contributed by atoms with E-state index in [1.54, 1.807) is 29.3 Å². The van der Waals surface area contributed by atoms with Crippen LogP contribution in [0.1, 0.15) is 46.4 Å². The molecule has 2 aliphatic carbocycles. The molecule has 4 rings (SSSR count). The molecule has 2 fully saturated rings. The number of hydrogen-bond acceptors (Lipinski definition) is 2. The van der Waals surface area contributed by atoms with E-state index in [0.29, 0.717) is 23.0 Å². The van der Waals surface area contributed by atoms with Crippen LogP contribution in [-0.4, -0.2) is 22.9 Å². The SMILES string of the molecule is O=C(NN(C(=O)c1ccccc1)C(C1CC1)C1CC1)c1ccccc1. The molecule has 0 bridgehead atoms. The predicted molar refractivity (Wildman–Crippen MR) is 95.8 cm³/mol. The van der Waals surface area contributed by atoms with Crippen LogP contribution in [-0.2, 0) is 0 Å². The molecule has 2 aliphatic rings. The van der Waals surface area contributed by atoms with Crippen LogP contribution in [0.4, 0.5) is 0 Å². The fraction of sp³-hybridized carbons (Fsp3) is 0.333. The zero-order valence-electron chi connectivity index (χ0n) is 14.1. The molecule has 0 heterocycles. The molecule has 0 aromatic heterocycles. The van der Waals surface area contributed by atoms with Crippen molar-refractivity contribution in [1.29, 1.82) is 0 Å². The maximum atomic E-state index is 13.1. The van der Waals surface area contributed by atoms with Crippen molar-refractivity contribution in [3.8, 4) is 0 Å². The summed E-state index contributed by atoms with van der Waals surface area (Å²) in [7, 11) is 0. The van der Waals surface area contributed by atoms with E-state index in [4.69, 9.17) is 0 Å². The van der Waals surface area contributed by atoms with Crippen LogP contribution in [0.3, 0.4) is 0 Å². The first-order chi connectivity index (χ1) is 12.2. The van der Waals surface area contributed by atoms with Crippen molar-refractivity contribution >= 4 is 11.8 Å². The molecule has 0 saturated heterocycles. The summed E-state index contributed by atoms with van der Waals surface area (Å²) in [5, 5.41) is 1.62. The highest BCUT2D eigenvalue weighted by atomic mass is 16.2. The number of hydrogen-bond donors (Lipinski definition) is 1. The molecule has 25 heavy (non-hydrogen) atoms. The van der Waals surface area contributed by atoms with E-state index in [-0.39, 0.29) is 17.9 Å². The Morgan fingerprint density at radius 3 is 1.76 bits per heavy atom. The first kappa shape index (κ1) is 15.9. The molecule has 0 atom stereocenters. The van der Waals surface area contributed by atoms with Gasteiger partial charge in [0, 0.05) is 11.1 Å². The van der Waals surface area contributed by atoms with Crippen LogP contribution in [0.5, 0.6) is 0 Å². The maximum Gasteiger partial charge on any atom is 0.272 e. The monoisotopic (exact) mass is 334 g/mol. The molecule has 0 unspecified atom stereocenters. The lowest BCUT2D eigenvalue weighted by Crippen LogP contribution is -2.53. The second-order valence-electron chi connectivity index (χ2n) is 7.01. The Balaban J connectivity index is 1.61. The Morgan fingerprint density at radius 2 is 1.28 bits per heavy atom. The number of amides is 2. The Kier molecular flexibility index (Phi) is 4.26. The summed E-state index contributed by atoms with van der Waals surface area (Å²) < 4.78 is 0. The van der Waals surface area contributed by atoms with Gasteiger partial charge in [-0.2, -0.15) is 0 Å². The standard InChI is InChI=1S/C21H22N2O2/c24-20(17-7-3-1-4-8-17)22-23(19(15-11-12-15)16-13-14-16)21(25)18-9-5-2-6-10-18/h1-10,15-16,19H,11-14H2,(H,22,24). The Morgan fingerprint density at radius 1 is 0.800 bits per heavy atom. The van der Waals surface area contributed by atoms with Gasteiger partial charge < -0.3 is 0 Å². The molecule has 4 nitrogen and oxygen atoms in total. The van der Waals surface area contributed by atoms with Gasteiger partial charge in [-0.15, -0.1) is 0 Å². The van der Waals surface area contributed by atoms with Crippen molar-refractivity contribution in [3.05, 3.63) is 71.8 Å². The number of carbonyl (C=O) groups is 2. The van der Waals surface area contributed by atoms with Crippen molar-refractivity contribution in [1.82, 2.24) is 10.4 Å². The lowest BCUT2D eigenvalue weighted by atomic mass is 10.1. The second kappa shape index (κ2) is 6.71. The first-order valence-corrected chi connectivity index (χ1v) is 8.98. The number of nitrogens with one attached hydrogen (secondary N) is 1. The van der Waals surface area contributed by atoms with Crippen LogP contribution in [0, 0.1) is 11.8 Å². The predicted octanol–water partition coefficient (Wildman–Crippen LogP) is 3.66. The molecule has 1 N–H and O–H groups in total. The molecular weight excluding hydrogens is 312 g/mol. The van der Waals surface area contributed by atoms with Gasteiger partial charge in [0.25, 0.3) is 11.8 Å². The van der Waals surface area contributed by atoms with E-state index in [9.17, 15) is 9.59 Å². The van der Waals surface area contributed by atoms with Crippen LogP contribution < -0.4 is 5.43 Å². The minimum Gasteiger partial charge on any atom is -0.267 e. The van der Waals surface area contributed by atoms with Crippen molar-refractivity contribution in [2.24, 2.45) is 11.8 Å². The highest BCUT2D eigenvalue weighted by molar-refractivity contribution is 5.99. The third-order valence-corrected chi connectivity index (χ3v) is 5.01. The van der Waals surface area contributed by atoms with E-state index < -0.39 is 0 Å². The molecule has 0 aliphatic heterocycles. The first-order valence-electron chi connectivity index (χ1n) is 8.98. The summed E-state index contributed by atoms with van der Waals surface area (Å²) in [6.07, 6.45) is 4.56. The van der Waals surface area contributed by atoms with Crippen molar-refractivity contribution in [2.75, 3.05) is 0 Å². The van der Waals surface area contributed by atoms with Crippen molar-refractivity contribution < 1.29 is 9.59 Å². The summed E-state index contributed by atoms with van der Waals surface area (Å²) in [4.78, 5) is 25.8. The molecule has 2 saturated carbocycles. The molecule has 2 aromatic rings. The van der Waals surface area contributed by atoms with Crippen LogP contribution in [0.15, 0.2) is 60.7 Å². The maximum absolute atomic E-state index is 13.1. The fourth-order valence-corrected chi connectivity index (χ4v) is 3.43. The summed E-state index contributed by atoms with van der Waals surface area (Å²) in [5.74, 6) is 0.678. The minimum absolute atomic E-state index is 0.111. The third kappa shape index (κ3) is 3.58. The van der Waals surface area contributed by atoms with Gasteiger partial charge in [0.05, 0.1) is 6.04 Å². The molecule has 0 spiro atoms. The smallest absolute Gasteiger partial charge is 0.267 e. The Labute approximate surface area is 147 Å². The lowest BCUT2D eigenvalue weighted by molar-refractivity contribution is 0.0417. The van der Waals surface area contributed by atoms with E-state index in [1.165, 1.54) is 0 Å². The van der Waals surface area contributed by atoms with Gasteiger partial charge in [0.2, 0.25) is 0 Å². The fourth-order valence-electron chi connectivity index (χ4n) is 3.43. The molecular formula is C21H22N2O2.